The van der Waals surface area contributed by atoms with Gasteiger partial charge in [-0.2, -0.15) is 0 Å². The molecule has 5 nitrogen and oxygen atoms in total. The minimum atomic E-state index is -0.169. The van der Waals surface area contributed by atoms with Crippen LogP contribution in [0.25, 0.3) is 0 Å². The summed E-state index contributed by atoms with van der Waals surface area (Å²) in [5, 5.41) is 0. The molecule has 1 amide bonds. The van der Waals surface area contributed by atoms with Crippen LogP contribution in [0, 0.1) is 5.92 Å². The smallest absolute Gasteiger partial charge is 0.225 e. The van der Waals surface area contributed by atoms with Crippen LogP contribution in [0.5, 0.6) is 0 Å². The van der Waals surface area contributed by atoms with Crippen molar-refractivity contribution < 1.29 is 14.3 Å². The fourth-order valence-electron chi connectivity index (χ4n) is 4.04. The third-order valence-electron chi connectivity index (χ3n) is 5.90. The number of piperidine rings is 1. The lowest BCUT2D eigenvalue weighted by Gasteiger charge is -2.43. The standard InChI is InChI=1S/C17H30N2O3/c1-3-18-9-10-22-15-13-19(8-5-14(15)12-18)16(20)11-17(21-2)6-4-7-17/h14-15H,3-13H2,1-2H3. The summed E-state index contributed by atoms with van der Waals surface area (Å²) in [6.45, 7) is 7.86. The lowest BCUT2D eigenvalue weighted by atomic mass is 9.77. The number of likely N-dealkylation sites (tertiary alicyclic amines) is 1. The van der Waals surface area contributed by atoms with Crippen LogP contribution in [0.2, 0.25) is 0 Å². The normalized spacial score (nSPS) is 32.0. The number of amides is 1. The van der Waals surface area contributed by atoms with E-state index in [-0.39, 0.29) is 17.6 Å². The largest absolute Gasteiger partial charge is 0.378 e. The Kier molecular flexibility index (Phi) is 5.05. The van der Waals surface area contributed by atoms with Crippen molar-refractivity contribution in [2.75, 3.05) is 46.4 Å². The molecule has 0 aromatic carbocycles. The number of ether oxygens (including phenoxy) is 2. The van der Waals surface area contributed by atoms with Crippen molar-refractivity contribution in [2.24, 2.45) is 5.92 Å². The van der Waals surface area contributed by atoms with Crippen LogP contribution >= 0.6 is 0 Å². The predicted molar refractivity (Wildman–Crippen MR) is 84.7 cm³/mol. The monoisotopic (exact) mass is 310 g/mol. The van der Waals surface area contributed by atoms with Gasteiger partial charge >= 0.3 is 0 Å². The van der Waals surface area contributed by atoms with Crippen molar-refractivity contribution in [3.63, 3.8) is 0 Å². The van der Waals surface area contributed by atoms with Crippen LogP contribution in [0.15, 0.2) is 0 Å². The van der Waals surface area contributed by atoms with Gasteiger partial charge in [0.05, 0.1) is 24.7 Å². The van der Waals surface area contributed by atoms with Crippen LogP contribution in [-0.4, -0.2) is 73.9 Å². The van der Waals surface area contributed by atoms with E-state index in [2.05, 4.69) is 11.8 Å². The van der Waals surface area contributed by atoms with Crippen molar-refractivity contribution in [1.82, 2.24) is 9.80 Å². The first-order chi connectivity index (χ1) is 10.7. The maximum atomic E-state index is 12.6. The van der Waals surface area contributed by atoms with Gasteiger partial charge in [0, 0.05) is 39.2 Å². The summed E-state index contributed by atoms with van der Waals surface area (Å²) in [6, 6.07) is 0. The Morgan fingerprint density at radius 3 is 2.77 bits per heavy atom. The molecule has 1 aliphatic carbocycles. The summed E-state index contributed by atoms with van der Waals surface area (Å²) in [4.78, 5) is 17.1. The molecule has 1 saturated carbocycles. The van der Waals surface area contributed by atoms with Crippen LogP contribution in [-0.2, 0) is 14.3 Å². The molecule has 22 heavy (non-hydrogen) atoms. The van der Waals surface area contributed by atoms with E-state index < -0.39 is 0 Å². The van der Waals surface area contributed by atoms with Gasteiger partial charge in [-0.15, -0.1) is 0 Å². The van der Waals surface area contributed by atoms with Gasteiger partial charge in [-0.05, 0) is 32.2 Å². The van der Waals surface area contributed by atoms with Gasteiger partial charge in [-0.3, -0.25) is 4.79 Å². The molecule has 0 spiro atoms. The highest BCUT2D eigenvalue weighted by atomic mass is 16.5. The van der Waals surface area contributed by atoms with E-state index in [9.17, 15) is 4.79 Å². The Hall–Kier alpha value is -0.650. The zero-order valence-electron chi connectivity index (χ0n) is 14.1. The summed E-state index contributed by atoms with van der Waals surface area (Å²) in [6.07, 6.45) is 5.05. The van der Waals surface area contributed by atoms with Gasteiger partial charge in [0.1, 0.15) is 0 Å². The highest BCUT2D eigenvalue weighted by Crippen LogP contribution is 2.38. The van der Waals surface area contributed by atoms with Gasteiger partial charge < -0.3 is 19.3 Å². The van der Waals surface area contributed by atoms with Crippen molar-refractivity contribution in [1.29, 1.82) is 0 Å². The third kappa shape index (κ3) is 3.31. The molecule has 3 fully saturated rings. The Labute approximate surface area is 133 Å². The number of methoxy groups -OCH3 is 1. The number of hydrogen-bond donors (Lipinski definition) is 0. The van der Waals surface area contributed by atoms with Crippen LogP contribution in [0.4, 0.5) is 0 Å². The predicted octanol–water partition coefficient (Wildman–Crippen LogP) is 1.51. The Bertz CT molecular complexity index is 392. The summed E-state index contributed by atoms with van der Waals surface area (Å²) in [7, 11) is 1.74. The molecule has 3 rings (SSSR count). The van der Waals surface area contributed by atoms with Crippen molar-refractivity contribution in [2.45, 2.75) is 50.7 Å². The quantitative estimate of drug-likeness (QED) is 0.789. The van der Waals surface area contributed by atoms with E-state index in [1.807, 2.05) is 4.90 Å². The van der Waals surface area contributed by atoms with Crippen LogP contribution < -0.4 is 0 Å². The summed E-state index contributed by atoms with van der Waals surface area (Å²) < 4.78 is 11.7. The van der Waals surface area contributed by atoms with Gasteiger partial charge in [-0.25, -0.2) is 0 Å². The molecule has 2 aliphatic heterocycles. The lowest BCUT2D eigenvalue weighted by Crippen LogP contribution is -2.52. The highest BCUT2D eigenvalue weighted by Gasteiger charge is 2.42. The second-order valence-corrected chi connectivity index (χ2v) is 7.11. The van der Waals surface area contributed by atoms with Crippen molar-refractivity contribution >= 4 is 5.91 Å². The van der Waals surface area contributed by atoms with Gasteiger partial charge in [-0.1, -0.05) is 6.92 Å². The number of carbonyl (C=O) groups excluding carboxylic acids is 1. The number of carbonyl (C=O) groups is 1. The lowest BCUT2D eigenvalue weighted by molar-refractivity contribution is -0.149. The minimum absolute atomic E-state index is 0.169. The maximum absolute atomic E-state index is 12.6. The Morgan fingerprint density at radius 2 is 2.14 bits per heavy atom. The first kappa shape index (κ1) is 16.2. The van der Waals surface area contributed by atoms with E-state index >= 15 is 0 Å². The number of likely N-dealkylation sites (N-methyl/N-ethyl adjacent to an activating group) is 1. The van der Waals surface area contributed by atoms with Crippen LogP contribution in [0.1, 0.15) is 39.0 Å². The van der Waals surface area contributed by atoms with E-state index in [1.165, 1.54) is 6.42 Å². The average molecular weight is 310 g/mol. The van der Waals surface area contributed by atoms with Crippen LogP contribution in [0.3, 0.4) is 0 Å². The molecule has 2 atom stereocenters. The summed E-state index contributed by atoms with van der Waals surface area (Å²) in [5.41, 5.74) is -0.169. The molecule has 0 bridgehead atoms. The molecule has 2 unspecified atom stereocenters. The average Bonchev–Trinajstić information content (AvgIpc) is 2.71. The molecule has 0 aromatic rings. The Balaban J connectivity index is 1.56. The Morgan fingerprint density at radius 1 is 1.32 bits per heavy atom. The van der Waals surface area contributed by atoms with E-state index in [1.54, 1.807) is 7.11 Å². The molecular weight excluding hydrogens is 280 g/mol. The molecule has 2 saturated heterocycles. The maximum Gasteiger partial charge on any atom is 0.225 e. The molecule has 2 heterocycles. The topological polar surface area (TPSA) is 42.0 Å². The highest BCUT2D eigenvalue weighted by molar-refractivity contribution is 5.77. The minimum Gasteiger partial charge on any atom is -0.378 e. The summed E-state index contributed by atoms with van der Waals surface area (Å²) >= 11 is 0. The SMILES string of the molecule is CCN1CCOC2CN(C(=O)CC3(OC)CCC3)CCC2C1. The van der Waals surface area contributed by atoms with Crippen molar-refractivity contribution in [3.8, 4) is 0 Å². The molecule has 0 radical (unpaired) electrons. The zero-order valence-corrected chi connectivity index (χ0v) is 14.1. The van der Waals surface area contributed by atoms with Gasteiger partial charge in [0.25, 0.3) is 0 Å². The fourth-order valence-corrected chi connectivity index (χ4v) is 4.04. The van der Waals surface area contributed by atoms with E-state index in [0.717, 1.165) is 58.6 Å². The first-order valence-corrected chi connectivity index (χ1v) is 8.83. The molecule has 0 aromatic heterocycles. The van der Waals surface area contributed by atoms with Gasteiger partial charge in [0.15, 0.2) is 0 Å². The van der Waals surface area contributed by atoms with Gasteiger partial charge in [0.2, 0.25) is 5.91 Å². The fraction of sp³-hybridized carbons (Fsp3) is 0.941. The number of nitrogens with zero attached hydrogens (tertiary/aromatic N) is 2. The second kappa shape index (κ2) is 6.85. The molecule has 126 valence electrons. The first-order valence-electron chi connectivity index (χ1n) is 8.83. The molecule has 3 aliphatic rings. The molecule has 5 heteroatoms. The third-order valence-corrected chi connectivity index (χ3v) is 5.90. The molecule has 0 N–H and O–H groups in total. The van der Waals surface area contributed by atoms with Crippen molar-refractivity contribution in [3.05, 3.63) is 0 Å². The zero-order chi connectivity index (χ0) is 15.6. The number of rotatable bonds is 4. The number of hydrogen-bond acceptors (Lipinski definition) is 4. The van der Waals surface area contributed by atoms with E-state index in [0.29, 0.717) is 12.3 Å². The summed E-state index contributed by atoms with van der Waals surface area (Å²) in [5.74, 6) is 0.826. The number of fused-ring (bicyclic) bond motifs is 1. The van der Waals surface area contributed by atoms with E-state index in [4.69, 9.17) is 9.47 Å². The molecular formula is C17H30N2O3. The second-order valence-electron chi connectivity index (χ2n) is 7.11.